The van der Waals surface area contributed by atoms with E-state index in [1.165, 1.54) is 26.4 Å². The maximum absolute atomic E-state index is 13.7. The molecule has 3 aliphatic rings. The van der Waals surface area contributed by atoms with E-state index >= 15 is 0 Å². The van der Waals surface area contributed by atoms with Crippen molar-refractivity contribution >= 4 is 17.7 Å². The number of benzene rings is 3. The van der Waals surface area contributed by atoms with E-state index in [4.69, 9.17) is 23.7 Å². The van der Waals surface area contributed by atoms with Crippen LogP contribution in [0.5, 0.6) is 28.7 Å². The minimum atomic E-state index is -1.32. The Bertz CT molecular complexity index is 1450. The van der Waals surface area contributed by atoms with E-state index in [1.807, 2.05) is 0 Å². The molecule has 1 aliphatic carbocycles. The van der Waals surface area contributed by atoms with Gasteiger partial charge >= 0.3 is 12.1 Å². The van der Waals surface area contributed by atoms with Crippen molar-refractivity contribution in [2.24, 2.45) is 11.8 Å². The standard InChI is InChI=1S/C28H24FNO9/c1-35-21-7-13(8-22(36-2)26(21)31)23-16-9-19-20(39-12-38-19)10-17(16)25(24-18(23)11-37-27(24)32)30(28(33)34)15-5-3-14(29)4-6-15/h3-10,18,23-25,31H,11-12H2,1-2H3,(H,33,34). The van der Waals surface area contributed by atoms with Crippen molar-refractivity contribution in [2.75, 3.05) is 32.5 Å². The van der Waals surface area contributed by atoms with Crippen LogP contribution in [0.25, 0.3) is 0 Å². The first kappa shape index (κ1) is 24.7. The fraction of sp³-hybridized carbons (Fsp3) is 0.286. The number of esters is 1. The summed E-state index contributed by atoms with van der Waals surface area (Å²) in [5.74, 6) is -1.92. The summed E-state index contributed by atoms with van der Waals surface area (Å²) in [6, 6.07) is 10.8. The highest BCUT2D eigenvalue weighted by Crippen LogP contribution is 2.57. The van der Waals surface area contributed by atoms with E-state index in [2.05, 4.69) is 0 Å². The SMILES string of the molecule is COc1cc(C2c3cc4c(cc3C(N(C(=O)O)c3ccc(F)cc3)C3C(=O)OCC23)OCO4)cc(OC)c1O. The van der Waals surface area contributed by atoms with E-state index in [0.717, 1.165) is 17.0 Å². The van der Waals surface area contributed by atoms with Crippen LogP contribution in [0.3, 0.4) is 0 Å². The number of phenolic OH excluding ortho intramolecular Hbond substituents is 1. The van der Waals surface area contributed by atoms with Crippen LogP contribution in [-0.4, -0.2) is 49.9 Å². The lowest BCUT2D eigenvalue weighted by Crippen LogP contribution is -2.45. The molecule has 4 atom stereocenters. The third-order valence-corrected chi connectivity index (χ3v) is 7.60. The zero-order valence-electron chi connectivity index (χ0n) is 20.9. The molecule has 10 nitrogen and oxygen atoms in total. The van der Waals surface area contributed by atoms with Crippen LogP contribution in [-0.2, 0) is 9.53 Å². The molecule has 2 heterocycles. The number of methoxy groups -OCH3 is 2. The zero-order chi connectivity index (χ0) is 27.4. The van der Waals surface area contributed by atoms with Crippen LogP contribution in [0.15, 0.2) is 48.5 Å². The minimum absolute atomic E-state index is 0.01000. The van der Waals surface area contributed by atoms with E-state index in [-0.39, 0.29) is 36.3 Å². The average Bonchev–Trinajstić information content (AvgIpc) is 3.54. The molecule has 1 saturated heterocycles. The van der Waals surface area contributed by atoms with Gasteiger partial charge in [0.05, 0.1) is 32.8 Å². The van der Waals surface area contributed by atoms with Gasteiger partial charge in [-0.1, -0.05) is 0 Å². The van der Waals surface area contributed by atoms with Gasteiger partial charge in [-0.05, 0) is 65.2 Å². The normalized spacial score (nSPS) is 22.5. The maximum atomic E-state index is 13.7. The highest BCUT2D eigenvalue weighted by atomic mass is 19.1. The number of hydrogen-bond acceptors (Lipinski definition) is 8. The zero-order valence-corrected chi connectivity index (χ0v) is 20.9. The fourth-order valence-electron chi connectivity index (χ4n) is 5.95. The fourth-order valence-corrected chi connectivity index (χ4v) is 5.95. The molecule has 11 heteroatoms. The molecule has 1 amide bonds. The quantitative estimate of drug-likeness (QED) is 0.455. The molecular formula is C28H24FNO9. The molecule has 0 spiro atoms. The van der Waals surface area contributed by atoms with Crippen molar-refractivity contribution in [3.05, 3.63) is 71.0 Å². The van der Waals surface area contributed by atoms with Crippen LogP contribution in [0.1, 0.15) is 28.7 Å². The Kier molecular flexibility index (Phi) is 5.86. The lowest BCUT2D eigenvalue weighted by Gasteiger charge is -2.43. The number of halogens is 1. The topological polar surface area (TPSA) is 124 Å². The van der Waals surface area contributed by atoms with Gasteiger partial charge in [-0.3, -0.25) is 9.69 Å². The number of nitrogens with zero attached hydrogens (tertiary/aromatic N) is 1. The Hall–Kier alpha value is -4.67. The number of aromatic hydroxyl groups is 1. The molecule has 0 bridgehead atoms. The number of carbonyl (C=O) groups excluding carboxylic acids is 1. The second-order valence-corrected chi connectivity index (χ2v) is 9.48. The molecule has 6 rings (SSSR count). The molecule has 3 aromatic carbocycles. The smallest absolute Gasteiger partial charge is 0.412 e. The summed E-state index contributed by atoms with van der Waals surface area (Å²) < 4.78 is 41.3. The first-order valence-electron chi connectivity index (χ1n) is 12.1. The monoisotopic (exact) mass is 537 g/mol. The van der Waals surface area contributed by atoms with Crippen molar-refractivity contribution in [3.63, 3.8) is 0 Å². The Morgan fingerprint density at radius 3 is 2.18 bits per heavy atom. The van der Waals surface area contributed by atoms with Gasteiger partial charge in [0.2, 0.25) is 12.5 Å². The summed E-state index contributed by atoms with van der Waals surface area (Å²) in [5.41, 5.74) is 2.06. The highest BCUT2D eigenvalue weighted by Gasteiger charge is 2.55. The first-order valence-corrected chi connectivity index (χ1v) is 12.1. The number of cyclic esters (lactones) is 1. The lowest BCUT2D eigenvalue weighted by atomic mass is 9.65. The summed E-state index contributed by atoms with van der Waals surface area (Å²) in [6.45, 7) is 0.0187. The van der Waals surface area contributed by atoms with Crippen molar-refractivity contribution < 1.29 is 47.9 Å². The van der Waals surface area contributed by atoms with E-state index < -0.39 is 41.7 Å². The molecule has 0 saturated carbocycles. The van der Waals surface area contributed by atoms with Crippen LogP contribution in [0, 0.1) is 17.7 Å². The highest BCUT2D eigenvalue weighted by molar-refractivity contribution is 5.90. The number of rotatable bonds is 5. The predicted molar refractivity (Wildman–Crippen MR) is 133 cm³/mol. The van der Waals surface area contributed by atoms with Crippen molar-refractivity contribution in [3.8, 4) is 28.7 Å². The second kappa shape index (κ2) is 9.26. The van der Waals surface area contributed by atoms with Gasteiger partial charge in [-0.25, -0.2) is 9.18 Å². The number of hydrogen-bond donors (Lipinski definition) is 2. The Morgan fingerprint density at radius 1 is 0.974 bits per heavy atom. The average molecular weight is 537 g/mol. The van der Waals surface area contributed by atoms with Crippen LogP contribution >= 0.6 is 0 Å². The number of phenols is 1. The van der Waals surface area contributed by atoms with Crippen molar-refractivity contribution in [1.29, 1.82) is 0 Å². The van der Waals surface area contributed by atoms with Crippen LogP contribution < -0.4 is 23.8 Å². The van der Waals surface area contributed by atoms with E-state index in [9.17, 15) is 24.2 Å². The number of carbonyl (C=O) groups is 2. The van der Waals surface area contributed by atoms with E-state index in [1.54, 1.807) is 24.3 Å². The third kappa shape index (κ3) is 3.84. The molecule has 4 unspecified atom stereocenters. The Labute approximate surface area is 222 Å². The largest absolute Gasteiger partial charge is 0.502 e. The van der Waals surface area contributed by atoms with Gasteiger partial charge in [-0.15, -0.1) is 0 Å². The first-order chi connectivity index (χ1) is 18.8. The number of amides is 1. The van der Waals surface area contributed by atoms with Gasteiger partial charge < -0.3 is 33.9 Å². The second-order valence-electron chi connectivity index (χ2n) is 9.48. The van der Waals surface area contributed by atoms with Gasteiger partial charge in [0.15, 0.2) is 23.0 Å². The predicted octanol–water partition coefficient (Wildman–Crippen LogP) is 4.44. The van der Waals surface area contributed by atoms with Gasteiger partial charge in [0, 0.05) is 17.5 Å². The summed E-state index contributed by atoms with van der Waals surface area (Å²) in [6.07, 6.45) is -1.32. The molecule has 2 N–H and O–H groups in total. The summed E-state index contributed by atoms with van der Waals surface area (Å²) in [4.78, 5) is 27.1. The number of carboxylic acid groups (broad SMARTS) is 1. The molecule has 0 radical (unpaired) electrons. The Morgan fingerprint density at radius 2 is 1.59 bits per heavy atom. The minimum Gasteiger partial charge on any atom is -0.502 e. The summed E-state index contributed by atoms with van der Waals surface area (Å²) >= 11 is 0. The maximum Gasteiger partial charge on any atom is 0.412 e. The summed E-state index contributed by atoms with van der Waals surface area (Å²) in [5, 5.41) is 20.9. The lowest BCUT2D eigenvalue weighted by molar-refractivity contribution is -0.141. The number of anilines is 1. The number of fused-ring (bicyclic) bond motifs is 3. The molecular weight excluding hydrogens is 513 g/mol. The molecule has 3 aromatic rings. The van der Waals surface area contributed by atoms with Crippen molar-refractivity contribution in [1.82, 2.24) is 0 Å². The molecule has 39 heavy (non-hydrogen) atoms. The van der Waals surface area contributed by atoms with Gasteiger partial charge in [0.25, 0.3) is 0 Å². The van der Waals surface area contributed by atoms with Crippen LogP contribution in [0.2, 0.25) is 0 Å². The van der Waals surface area contributed by atoms with E-state index in [0.29, 0.717) is 28.2 Å². The molecule has 0 aromatic heterocycles. The number of ether oxygens (including phenoxy) is 5. The van der Waals surface area contributed by atoms with Crippen molar-refractivity contribution in [2.45, 2.75) is 12.0 Å². The van der Waals surface area contributed by atoms with Gasteiger partial charge in [-0.2, -0.15) is 0 Å². The van der Waals surface area contributed by atoms with Crippen LogP contribution in [0.4, 0.5) is 14.9 Å². The molecule has 1 fully saturated rings. The third-order valence-electron chi connectivity index (χ3n) is 7.60. The molecule has 2 aliphatic heterocycles. The van der Waals surface area contributed by atoms with Gasteiger partial charge in [0.1, 0.15) is 5.82 Å². The summed E-state index contributed by atoms with van der Waals surface area (Å²) in [7, 11) is 2.83. The Balaban J connectivity index is 1.61. The molecule has 202 valence electrons.